The lowest BCUT2D eigenvalue weighted by Crippen LogP contribution is -2.30. The molecule has 1 aromatic rings. The summed E-state index contributed by atoms with van der Waals surface area (Å²) in [5.74, 6) is -1.03. The molecule has 0 aromatic heterocycles. The molecule has 1 rings (SSSR count). The van der Waals surface area contributed by atoms with Crippen LogP contribution in [0.3, 0.4) is 0 Å². The molecule has 0 aliphatic carbocycles. The Bertz CT molecular complexity index is 546. The zero-order chi connectivity index (χ0) is 14.5. The van der Waals surface area contributed by atoms with Crippen LogP contribution < -0.4 is 0 Å². The van der Waals surface area contributed by atoms with E-state index in [0.717, 1.165) is 5.56 Å². The molecule has 1 atom stereocenters. The Kier molecular flexibility index (Phi) is 5.20. The highest BCUT2D eigenvalue weighted by Crippen LogP contribution is 2.15. The van der Waals surface area contributed by atoms with Crippen LogP contribution in [0.1, 0.15) is 12.5 Å². The number of hydrogen-bond acceptors (Lipinski definition) is 6. The zero-order valence-electron chi connectivity index (χ0n) is 10.5. The van der Waals surface area contributed by atoms with E-state index in [1.165, 1.54) is 19.1 Å². The minimum Gasteiger partial charge on any atom is -0.464 e. The van der Waals surface area contributed by atoms with Crippen molar-refractivity contribution < 1.29 is 26.9 Å². The van der Waals surface area contributed by atoms with E-state index < -0.39 is 22.2 Å². The fraction of sp³-hybridized carbons (Fsp3) is 0.333. The summed E-state index contributed by atoms with van der Waals surface area (Å²) in [6.45, 7) is 3.36. The third-order valence-electron chi connectivity index (χ3n) is 2.18. The summed E-state index contributed by atoms with van der Waals surface area (Å²) in [7, 11) is -4.18. The van der Waals surface area contributed by atoms with Crippen molar-refractivity contribution in [3.8, 4) is 0 Å². The van der Waals surface area contributed by atoms with Crippen LogP contribution in [-0.2, 0) is 28.6 Å². The molecule has 1 unspecified atom stereocenters. The van der Waals surface area contributed by atoms with Crippen molar-refractivity contribution >= 4 is 22.4 Å². The number of benzene rings is 1. The molecule has 0 N–H and O–H groups in total. The van der Waals surface area contributed by atoms with Crippen molar-refractivity contribution in [2.45, 2.75) is 24.8 Å². The fourth-order valence-electron chi connectivity index (χ4n) is 1.24. The maximum absolute atomic E-state index is 11.8. The lowest BCUT2D eigenvalue weighted by molar-refractivity contribution is -0.152. The van der Waals surface area contributed by atoms with E-state index in [1.54, 1.807) is 19.1 Å². The monoisotopic (exact) mass is 286 g/mol. The Morgan fingerprint density at radius 1 is 1.32 bits per heavy atom. The molecule has 19 heavy (non-hydrogen) atoms. The summed E-state index contributed by atoms with van der Waals surface area (Å²) < 4.78 is 32.8. The smallest absolute Gasteiger partial charge is 0.344 e. The molecule has 7 heteroatoms. The molecular weight excluding hydrogens is 272 g/mol. The molecule has 0 spiro atoms. The van der Waals surface area contributed by atoms with Crippen LogP contribution in [0, 0.1) is 6.92 Å². The van der Waals surface area contributed by atoms with Gasteiger partial charge in [-0.05, 0) is 26.0 Å². The van der Waals surface area contributed by atoms with E-state index in [0.29, 0.717) is 0 Å². The van der Waals surface area contributed by atoms with Gasteiger partial charge in [0.2, 0.25) is 6.10 Å². The van der Waals surface area contributed by atoms with E-state index >= 15 is 0 Å². The number of aldehydes is 1. The van der Waals surface area contributed by atoms with E-state index in [9.17, 15) is 18.0 Å². The lowest BCUT2D eigenvalue weighted by Gasteiger charge is -2.11. The Morgan fingerprint density at radius 2 is 1.89 bits per heavy atom. The number of esters is 1. The van der Waals surface area contributed by atoms with Crippen LogP contribution >= 0.6 is 0 Å². The predicted molar refractivity (Wildman–Crippen MR) is 65.9 cm³/mol. The number of aryl methyl sites for hydroxylation is 1. The van der Waals surface area contributed by atoms with Gasteiger partial charge in [0.25, 0.3) is 10.1 Å². The summed E-state index contributed by atoms with van der Waals surface area (Å²) in [5.41, 5.74) is 0.872. The van der Waals surface area contributed by atoms with Gasteiger partial charge in [-0.1, -0.05) is 17.7 Å². The average molecular weight is 286 g/mol. The van der Waals surface area contributed by atoms with Crippen molar-refractivity contribution in [1.29, 1.82) is 0 Å². The summed E-state index contributed by atoms with van der Waals surface area (Å²) >= 11 is 0. The number of hydrogen-bond donors (Lipinski definition) is 0. The number of carbonyl (C=O) groups is 2. The minimum absolute atomic E-state index is 0.0249. The Balaban J connectivity index is 2.92. The predicted octanol–water partition coefficient (Wildman–Crippen LogP) is 0.831. The summed E-state index contributed by atoms with van der Waals surface area (Å²) in [6, 6.07) is 5.82. The first kappa shape index (κ1) is 15.3. The quantitative estimate of drug-likeness (QED) is 0.333. The molecule has 0 fully saturated rings. The molecule has 0 heterocycles. The van der Waals surface area contributed by atoms with Crippen LogP contribution in [0.15, 0.2) is 29.2 Å². The minimum atomic E-state index is -4.18. The van der Waals surface area contributed by atoms with Gasteiger partial charge in [-0.25, -0.2) is 8.98 Å². The molecule has 0 bridgehead atoms. The van der Waals surface area contributed by atoms with Crippen molar-refractivity contribution in [1.82, 2.24) is 0 Å². The van der Waals surface area contributed by atoms with Gasteiger partial charge in [-0.15, -0.1) is 0 Å². The standard InChI is InChI=1S/C12H14O6S/c1-3-17-12(14)11(8-13)18-19(15,16)10-6-4-9(2)5-7-10/h4-8,11H,3H2,1-2H3. The second kappa shape index (κ2) is 6.44. The van der Waals surface area contributed by atoms with Crippen molar-refractivity contribution in [3.63, 3.8) is 0 Å². The maximum Gasteiger partial charge on any atom is 0.344 e. The first-order chi connectivity index (χ1) is 8.90. The van der Waals surface area contributed by atoms with E-state index in [2.05, 4.69) is 8.92 Å². The molecule has 0 aliphatic heterocycles. The Labute approximate surface area is 111 Å². The van der Waals surface area contributed by atoms with Gasteiger partial charge in [-0.2, -0.15) is 8.42 Å². The molecule has 0 saturated carbocycles. The van der Waals surface area contributed by atoms with Crippen LogP contribution in [0.5, 0.6) is 0 Å². The van der Waals surface area contributed by atoms with Crippen molar-refractivity contribution in [2.24, 2.45) is 0 Å². The summed E-state index contributed by atoms with van der Waals surface area (Å²) in [5, 5.41) is 0. The number of ether oxygens (including phenoxy) is 1. The second-order valence-corrected chi connectivity index (χ2v) is 5.24. The van der Waals surface area contributed by atoms with E-state index in [1.807, 2.05) is 0 Å². The molecule has 6 nitrogen and oxygen atoms in total. The Hall–Kier alpha value is -1.73. The van der Waals surface area contributed by atoms with Crippen molar-refractivity contribution in [3.05, 3.63) is 29.8 Å². The second-order valence-electron chi connectivity index (χ2n) is 3.67. The normalized spacial score (nSPS) is 12.7. The molecule has 0 radical (unpaired) electrons. The molecule has 0 amide bonds. The lowest BCUT2D eigenvalue weighted by atomic mass is 10.2. The van der Waals surface area contributed by atoms with Gasteiger partial charge in [0.05, 0.1) is 11.5 Å². The highest BCUT2D eigenvalue weighted by Gasteiger charge is 2.28. The van der Waals surface area contributed by atoms with Gasteiger partial charge >= 0.3 is 5.97 Å². The largest absolute Gasteiger partial charge is 0.464 e. The fourth-order valence-corrected chi connectivity index (χ4v) is 2.22. The highest BCUT2D eigenvalue weighted by atomic mass is 32.2. The van der Waals surface area contributed by atoms with Crippen LogP contribution in [-0.4, -0.2) is 33.4 Å². The van der Waals surface area contributed by atoms with E-state index in [4.69, 9.17) is 0 Å². The first-order valence-electron chi connectivity index (χ1n) is 5.52. The van der Waals surface area contributed by atoms with Gasteiger partial charge in [-0.3, -0.25) is 4.79 Å². The van der Waals surface area contributed by atoms with Crippen LogP contribution in [0.2, 0.25) is 0 Å². The average Bonchev–Trinajstić information content (AvgIpc) is 2.36. The van der Waals surface area contributed by atoms with Gasteiger partial charge in [0.1, 0.15) is 0 Å². The van der Waals surface area contributed by atoms with Gasteiger partial charge in [0.15, 0.2) is 6.29 Å². The molecular formula is C12H14O6S. The SMILES string of the molecule is CCOC(=O)C(C=O)OS(=O)(=O)c1ccc(C)cc1. The van der Waals surface area contributed by atoms with Gasteiger partial charge < -0.3 is 4.74 Å². The number of rotatable bonds is 6. The van der Waals surface area contributed by atoms with Crippen LogP contribution in [0.4, 0.5) is 0 Å². The Morgan fingerprint density at radius 3 is 2.37 bits per heavy atom. The molecule has 1 aromatic carbocycles. The number of carbonyl (C=O) groups excluding carboxylic acids is 2. The zero-order valence-corrected chi connectivity index (χ0v) is 11.3. The third-order valence-corrected chi connectivity index (χ3v) is 3.49. The molecule has 104 valence electrons. The highest BCUT2D eigenvalue weighted by molar-refractivity contribution is 7.86. The molecule has 0 saturated heterocycles. The molecule has 0 aliphatic rings. The van der Waals surface area contributed by atoms with Crippen LogP contribution in [0.25, 0.3) is 0 Å². The maximum atomic E-state index is 11.8. The summed E-state index contributed by atoms with van der Waals surface area (Å²) in [4.78, 5) is 21.9. The topological polar surface area (TPSA) is 86.7 Å². The summed E-state index contributed by atoms with van der Waals surface area (Å²) in [6.07, 6.45) is -1.70. The van der Waals surface area contributed by atoms with Gasteiger partial charge in [0, 0.05) is 0 Å². The van der Waals surface area contributed by atoms with Crippen molar-refractivity contribution in [2.75, 3.05) is 6.61 Å². The van der Waals surface area contributed by atoms with E-state index in [-0.39, 0.29) is 17.8 Å². The third kappa shape index (κ3) is 4.15. The first-order valence-corrected chi connectivity index (χ1v) is 6.93.